The van der Waals surface area contributed by atoms with E-state index in [1.54, 1.807) is 0 Å². The summed E-state index contributed by atoms with van der Waals surface area (Å²) >= 11 is 0. The predicted octanol–water partition coefficient (Wildman–Crippen LogP) is 3.38. The van der Waals surface area contributed by atoms with Crippen LogP contribution in [0.2, 0.25) is 0 Å². The Morgan fingerprint density at radius 1 is 1.30 bits per heavy atom. The van der Waals surface area contributed by atoms with E-state index in [9.17, 15) is 22.4 Å². The Kier molecular flexibility index (Phi) is 3.50. The number of hydrogen-bond donors (Lipinski definition) is 2. The van der Waals surface area contributed by atoms with Gasteiger partial charge in [0.05, 0.1) is 6.04 Å². The Bertz CT molecular complexity index is 739. The van der Waals surface area contributed by atoms with Crippen LogP contribution in [0.3, 0.4) is 0 Å². The number of carboxylic acids is 1. The first-order valence-electron chi connectivity index (χ1n) is 6.67. The molecule has 0 spiro atoms. The molecule has 2 atom stereocenters. The maximum Gasteiger partial charge on any atom is 0.410 e. The predicted molar refractivity (Wildman–Crippen MR) is 71.7 cm³/mol. The number of fused-ring (bicyclic) bond motifs is 1. The summed E-state index contributed by atoms with van der Waals surface area (Å²) in [5.41, 5.74) is 0.00600. The Balaban J connectivity index is 2.01. The maximum atomic E-state index is 13.3. The molecule has 5 nitrogen and oxygen atoms in total. The second-order valence-electron chi connectivity index (χ2n) is 5.21. The number of carbonyl (C=O) groups is 1. The molecule has 1 aromatic heterocycles. The van der Waals surface area contributed by atoms with Crippen molar-refractivity contribution in [2.45, 2.75) is 24.7 Å². The van der Waals surface area contributed by atoms with Crippen LogP contribution in [-0.4, -0.2) is 27.0 Å². The van der Waals surface area contributed by atoms with E-state index in [0.717, 1.165) is 18.2 Å². The van der Waals surface area contributed by atoms with E-state index in [4.69, 9.17) is 5.11 Å². The Morgan fingerprint density at radius 2 is 1.96 bits per heavy atom. The summed E-state index contributed by atoms with van der Waals surface area (Å²) in [5, 5.41) is 15.2. The molecular weight excluding hydrogens is 318 g/mol. The molecule has 0 saturated carbocycles. The van der Waals surface area contributed by atoms with Crippen molar-refractivity contribution < 1.29 is 27.5 Å². The second kappa shape index (κ2) is 5.25. The number of halogens is 4. The number of carboxylic acid groups (broad SMARTS) is 1. The maximum absolute atomic E-state index is 13.3. The SMILES string of the molecule is O=C(O)c1cc2n(n1)[C@H](C(F)(F)F)C[C@H](c1ccc(F)cc1)N2. The molecule has 1 aliphatic heterocycles. The average molecular weight is 329 g/mol. The lowest BCUT2D eigenvalue weighted by Crippen LogP contribution is -2.35. The molecular formula is C14H11F4N3O2. The molecule has 0 unspecified atom stereocenters. The van der Waals surface area contributed by atoms with E-state index < -0.39 is 35.7 Å². The van der Waals surface area contributed by atoms with Crippen molar-refractivity contribution in [2.75, 3.05) is 5.32 Å². The molecule has 0 amide bonds. The standard InChI is InChI=1S/C14H11F4N3O2/c15-8-3-1-7(2-4-8)9-5-11(14(16,17)18)21-12(19-9)6-10(20-21)13(22)23/h1-4,6,9,11,19H,5H2,(H,22,23)/t9-,11+/m1/s1. The first kappa shape index (κ1) is 15.3. The Morgan fingerprint density at radius 3 is 2.52 bits per heavy atom. The molecule has 0 aliphatic carbocycles. The third-order valence-corrected chi connectivity index (χ3v) is 3.68. The smallest absolute Gasteiger partial charge is 0.410 e. The monoisotopic (exact) mass is 329 g/mol. The van der Waals surface area contributed by atoms with Crippen LogP contribution < -0.4 is 5.32 Å². The van der Waals surface area contributed by atoms with E-state index in [-0.39, 0.29) is 12.2 Å². The van der Waals surface area contributed by atoms with Crippen LogP contribution in [0.25, 0.3) is 0 Å². The lowest BCUT2D eigenvalue weighted by atomic mass is 9.97. The first-order chi connectivity index (χ1) is 10.8. The van der Waals surface area contributed by atoms with E-state index in [1.807, 2.05) is 0 Å². The van der Waals surface area contributed by atoms with E-state index in [0.29, 0.717) is 10.2 Å². The second-order valence-corrected chi connectivity index (χ2v) is 5.21. The van der Waals surface area contributed by atoms with Gasteiger partial charge in [0.2, 0.25) is 0 Å². The van der Waals surface area contributed by atoms with Crippen LogP contribution in [0.1, 0.15) is 34.6 Å². The number of nitrogens with zero attached hydrogens (tertiary/aromatic N) is 2. The lowest BCUT2D eigenvalue weighted by Gasteiger charge is -2.33. The summed E-state index contributed by atoms with van der Waals surface area (Å²) in [6.45, 7) is 0. The fraction of sp³-hybridized carbons (Fsp3) is 0.286. The van der Waals surface area contributed by atoms with E-state index in [2.05, 4.69) is 10.4 Å². The molecule has 9 heteroatoms. The molecule has 0 radical (unpaired) electrons. The van der Waals surface area contributed by atoms with E-state index >= 15 is 0 Å². The third-order valence-electron chi connectivity index (χ3n) is 3.68. The zero-order valence-corrected chi connectivity index (χ0v) is 11.5. The van der Waals surface area contributed by atoms with Crippen molar-refractivity contribution in [1.29, 1.82) is 0 Å². The zero-order valence-electron chi connectivity index (χ0n) is 11.5. The highest BCUT2D eigenvalue weighted by Crippen LogP contribution is 2.43. The average Bonchev–Trinajstić information content (AvgIpc) is 2.90. The minimum absolute atomic E-state index is 0.0368. The topological polar surface area (TPSA) is 67.1 Å². The molecule has 2 aromatic rings. The van der Waals surface area contributed by atoms with Gasteiger partial charge in [-0.25, -0.2) is 13.9 Å². The summed E-state index contributed by atoms with van der Waals surface area (Å²) in [6, 6.07) is 3.48. The van der Waals surface area contributed by atoms with Crippen LogP contribution in [0.4, 0.5) is 23.4 Å². The molecule has 0 fully saturated rings. The van der Waals surface area contributed by atoms with Gasteiger partial charge in [0.25, 0.3) is 0 Å². The molecule has 122 valence electrons. The highest BCUT2D eigenvalue weighted by Gasteiger charge is 2.46. The zero-order chi connectivity index (χ0) is 16.8. The quantitative estimate of drug-likeness (QED) is 0.829. The first-order valence-corrected chi connectivity index (χ1v) is 6.67. The van der Waals surface area contributed by atoms with Gasteiger partial charge in [0, 0.05) is 12.5 Å². The minimum atomic E-state index is -4.59. The molecule has 0 bridgehead atoms. The van der Waals surface area contributed by atoms with Crippen molar-refractivity contribution in [1.82, 2.24) is 9.78 Å². The van der Waals surface area contributed by atoms with Crippen molar-refractivity contribution >= 4 is 11.8 Å². The highest BCUT2D eigenvalue weighted by atomic mass is 19.4. The molecule has 3 rings (SSSR count). The Labute approximate surface area is 127 Å². The number of aromatic carboxylic acids is 1. The summed E-state index contributed by atoms with van der Waals surface area (Å²) in [7, 11) is 0. The van der Waals surface area contributed by atoms with Gasteiger partial charge in [-0.15, -0.1) is 0 Å². The number of hydrogen-bond acceptors (Lipinski definition) is 3. The normalized spacial score (nSPS) is 20.7. The minimum Gasteiger partial charge on any atom is -0.476 e. The number of alkyl halides is 3. The number of rotatable bonds is 2. The van der Waals surface area contributed by atoms with Gasteiger partial charge in [-0.3, -0.25) is 0 Å². The van der Waals surface area contributed by atoms with Crippen molar-refractivity contribution in [3.05, 3.63) is 47.4 Å². The van der Waals surface area contributed by atoms with Gasteiger partial charge >= 0.3 is 12.1 Å². The van der Waals surface area contributed by atoms with Crippen LogP contribution in [0, 0.1) is 5.82 Å². The number of nitrogens with one attached hydrogen (secondary N) is 1. The van der Waals surface area contributed by atoms with Gasteiger partial charge in [0.1, 0.15) is 11.6 Å². The van der Waals surface area contributed by atoms with Gasteiger partial charge in [-0.1, -0.05) is 12.1 Å². The Hall–Kier alpha value is -2.58. The number of anilines is 1. The fourth-order valence-electron chi connectivity index (χ4n) is 2.59. The highest BCUT2D eigenvalue weighted by molar-refractivity contribution is 5.86. The van der Waals surface area contributed by atoms with Crippen molar-refractivity contribution in [3.63, 3.8) is 0 Å². The summed E-state index contributed by atoms with van der Waals surface area (Å²) in [6.07, 6.45) is -4.96. The van der Waals surface area contributed by atoms with Crippen molar-refractivity contribution in [3.8, 4) is 0 Å². The van der Waals surface area contributed by atoms with Gasteiger partial charge in [-0.2, -0.15) is 18.3 Å². The van der Waals surface area contributed by atoms with Gasteiger partial charge in [-0.05, 0) is 17.7 Å². The lowest BCUT2D eigenvalue weighted by molar-refractivity contribution is -0.173. The molecule has 2 N–H and O–H groups in total. The largest absolute Gasteiger partial charge is 0.476 e. The molecule has 23 heavy (non-hydrogen) atoms. The molecule has 0 saturated heterocycles. The van der Waals surface area contributed by atoms with Crippen LogP contribution >= 0.6 is 0 Å². The van der Waals surface area contributed by atoms with Crippen LogP contribution in [0.15, 0.2) is 30.3 Å². The fourth-order valence-corrected chi connectivity index (χ4v) is 2.59. The molecule has 1 aromatic carbocycles. The summed E-state index contributed by atoms with van der Waals surface area (Å²) in [5.74, 6) is -1.94. The summed E-state index contributed by atoms with van der Waals surface area (Å²) < 4.78 is 53.5. The molecule has 1 aliphatic rings. The van der Waals surface area contributed by atoms with Gasteiger partial charge < -0.3 is 10.4 Å². The molecule has 2 heterocycles. The third kappa shape index (κ3) is 2.86. The number of aromatic nitrogens is 2. The van der Waals surface area contributed by atoms with Gasteiger partial charge in [0.15, 0.2) is 11.7 Å². The van der Waals surface area contributed by atoms with Crippen LogP contribution in [0.5, 0.6) is 0 Å². The van der Waals surface area contributed by atoms with E-state index in [1.165, 1.54) is 12.1 Å². The van der Waals surface area contributed by atoms with Crippen molar-refractivity contribution in [2.24, 2.45) is 0 Å². The van der Waals surface area contributed by atoms with Crippen LogP contribution in [-0.2, 0) is 0 Å². The summed E-state index contributed by atoms with van der Waals surface area (Å²) in [4.78, 5) is 10.9. The number of benzene rings is 1.